The van der Waals surface area contributed by atoms with Crippen molar-refractivity contribution in [2.24, 2.45) is 0 Å². The molecule has 3 aromatic heterocycles. The number of carbonyl (C=O) groups excluding carboxylic acids is 1. The van der Waals surface area contributed by atoms with Gasteiger partial charge in [0.15, 0.2) is 5.65 Å². The van der Waals surface area contributed by atoms with E-state index in [9.17, 15) is 9.59 Å². The standard InChI is InChI=1S/C27H28N8O3/c1-4-24(36)30-19-6-5-7-20(14-19)35-25(37)9-8-18-16-29-27(32-26(18)35)31-21-17-28-23(15-22(21)38-3)34-12-10-33(2)11-13-34/h4-9,14-17H,1,10-13H2,2-3H3,(H,30,36)(H,29,31,32). The Bertz CT molecular complexity index is 1560. The zero-order valence-electron chi connectivity index (χ0n) is 21.2. The van der Waals surface area contributed by atoms with E-state index in [1.54, 1.807) is 49.8 Å². The van der Waals surface area contributed by atoms with Crippen molar-refractivity contribution >= 4 is 40.1 Å². The van der Waals surface area contributed by atoms with Gasteiger partial charge in [0.1, 0.15) is 17.3 Å². The maximum absolute atomic E-state index is 12.9. The van der Waals surface area contributed by atoms with Crippen LogP contribution in [0, 0.1) is 0 Å². The predicted octanol–water partition coefficient (Wildman–Crippen LogP) is 2.80. The molecular weight excluding hydrogens is 484 g/mol. The molecule has 2 N–H and O–H groups in total. The number of aromatic nitrogens is 4. The molecule has 1 amide bonds. The smallest absolute Gasteiger partial charge is 0.256 e. The fraction of sp³-hybridized carbons (Fsp3) is 0.222. The zero-order chi connectivity index (χ0) is 26.6. The second kappa shape index (κ2) is 10.7. The molecule has 0 aliphatic carbocycles. The summed E-state index contributed by atoms with van der Waals surface area (Å²) in [6.45, 7) is 7.20. The van der Waals surface area contributed by atoms with Crippen LogP contribution >= 0.6 is 0 Å². The quantitative estimate of drug-likeness (QED) is 0.361. The number of benzene rings is 1. The third-order valence-electron chi connectivity index (χ3n) is 6.34. The number of fused-ring (bicyclic) bond motifs is 1. The van der Waals surface area contributed by atoms with Gasteiger partial charge in [0.05, 0.1) is 19.0 Å². The highest BCUT2D eigenvalue weighted by Crippen LogP contribution is 2.30. The summed E-state index contributed by atoms with van der Waals surface area (Å²) in [6.07, 6.45) is 4.52. The molecule has 5 rings (SSSR count). The monoisotopic (exact) mass is 512 g/mol. The van der Waals surface area contributed by atoms with Crippen LogP contribution in [0.15, 0.2) is 72.3 Å². The van der Waals surface area contributed by atoms with Crippen molar-refractivity contribution in [3.05, 3.63) is 77.9 Å². The summed E-state index contributed by atoms with van der Waals surface area (Å²) in [5.41, 5.74) is 1.81. The van der Waals surface area contributed by atoms with E-state index in [0.29, 0.717) is 33.8 Å². The number of ether oxygens (including phenoxy) is 1. The number of rotatable bonds is 7. The fourth-order valence-electron chi connectivity index (χ4n) is 4.26. The van der Waals surface area contributed by atoms with Crippen LogP contribution in [-0.4, -0.2) is 70.7 Å². The van der Waals surface area contributed by atoms with Crippen molar-refractivity contribution < 1.29 is 9.53 Å². The van der Waals surface area contributed by atoms with E-state index in [2.05, 4.69) is 49.0 Å². The number of hydrogen-bond acceptors (Lipinski definition) is 9. The van der Waals surface area contributed by atoms with Crippen molar-refractivity contribution in [3.8, 4) is 11.4 Å². The average molecular weight is 513 g/mol. The summed E-state index contributed by atoms with van der Waals surface area (Å²) in [4.78, 5) is 42.9. The van der Waals surface area contributed by atoms with Crippen LogP contribution in [0.3, 0.4) is 0 Å². The fourth-order valence-corrected chi connectivity index (χ4v) is 4.26. The molecule has 1 aliphatic rings. The molecule has 0 spiro atoms. The lowest BCUT2D eigenvalue weighted by Gasteiger charge is -2.33. The third kappa shape index (κ3) is 5.18. The Morgan fingerprint density at radius 1 is 1.08 bits per heavy atom. The molecule has 194 valence electrons. The second-order valence-corrected chi connectivity index (χ2v) is 8.88. The Hall–Kier alpha value is -4.77. The van der Waals surface area contributed by atoms with E-state index in [4.69, 9.17) is 4.74 Å². The Balaban J connectivity index is 1.48. The highest BCUT2D eigenvalue weighted by Gasteiger charge is 2.18. The van der Waals surface area contributed by atoms with Crippen LogP contribution in [0.25, 0.3) is 16.7 Å². The van der Waals surface area contributed by atoms with Gasteiger partial charge in [-0.1, -0.05) is 12.6 Å². The van der Waals surface area contributed by atoms with Crippen molar-refractivity contribution in [1.29, 1.82) is 0 Å². The van der Waals surface area contributed by atoms with E-state index in [1.165, 1.54) is 16.7 Å². The molecule has 11 nitrogen and oxygen atoms in total. The maximum Gasteiger partial charge on any atom is 0.256 e. The molecule has 0 radical (unpaired) electrons. The summed E-state index contributed by atoms with van der Waals surface area (Å²) < 4.78 is 7.10. The van der Waals surface area contributed by atoms with Crippen LogP contribution in [0.4, 0.5) is 23.1 Å². The van der Waals surface area contributed by atoms with Gasteiger partial charge in [-0.3, -0.25) is 14.2 Å². The van der Waals surface area contributed by atoms with E-state index < -0.39 is 0 Å². The molecule has 0 saturated carbocycles. The van der Waals surface area contributed by atoms with Crippen LogP contribution in [0.5, 0.6) is 5.75 Å². The van der Waals surface area contributed by atoms with Gasteiger partial charge in [0, 0.05) is 55.6 Å². The van der Waals surface area contributed by atoms with Gasteiger partial charge in [0.2, 0.25) is 11.9 Å². The molecule has 1 fully saturated rings. The lowest BCUT2D eigenvalue weighted by Crippen LogP contribution is -2.44. The van der Waals surface area contributed by atoms with E-state index >= 15 is 0 Å². The highest BCUT2D eigenvalue weighted by atomic mass is 16.5. The van der Waals surface area contributed by atoms with Gasteiger partial charge in [-0.2, -0.15) is 4.98 Å². The largest absolute Gasteiger partial charge is 0.494 e. The Morgan fingerprint density at radius 3 is 2.66 bits per heavy atom. The van der Waals surface area contributed by atoms with Gasteiger partial charge in [-0.05, 0) is 37.4 Å². The molecule has 0 unspecified atom stereocenters. The first-order valence-corrected chi connectivity index (χ1v) is 12.1. The Morgan fingerprint density at radius 2 is 1.89 bits per heavy atom. The molecule has 4 heterocycles. The Labute approximate surface area is 219 Å². The molecule has 0 atom stereocenters. The van der Waals surface area contributed by atoms with Crippen LogP contribution in [-0.2, 0) is 4.79 Å². The summed E-state index contributed by atoms with van der Waals surface area (Å²) in [7, 11) is 3.71. The minimum Gasteiger partial charge on any atom is -0.494 e. The third-order valence-corrected chi connectivity index (χ3v) is 6.34. The molecule has 1 aliphatic heterocycles. The van der Waals surface area contributed by atoms with Gasteiger partial charge in [-0.15, -0.1) is 0 Å². The number of pyridine rings is 2. The number of anilines is 4. The number of carbonyl (C=O) groups is 1. The van der Waals surface area contributed by atoms with Crippen LogP contribution in [0.1, 0.15) is 0 Å². The lowest BCUT2D eigenvalue weighted by molar-refractivity contribution is -0.111. The number of amides is 1. The van der Waals surface area contributed by atoms with Gasteiger partial charge in [0.25, 0.3) is 5.56 Å². The SMILES string of the molecule is C=CC(=O)Nc1cccc(-n2c(=O)ccc3cnc(Nc4cnc(N5CCN(C)CC5)cc4OC)nc32)c1. The normalized spacial score (nSPS) is 13.8. The number of nitrogens with zero attached hydrogens (tertiary/aromatic N) is 6. The molecule has 1 aromatic carbocycles. The number of methoxy groups -OCH3 is 1. The van der Waals surface area contributed by atoms with Gasteiger partial charge in [-0.25, -0.2) is 9.97 Å². The molecule has 38 heavy (non-hydrogen) atoms. The maximum atomic E-state index is 12.9. The van der Waals surface area contributed by atoms with Crippen molar-refractivity contribution in [3.63, 3.8) is 0 Å². The number of hydrogen-bond donors (Lipinski definition) is 2. The zero-order valence-corrected chi connectivity index (χ0v) is 21.2. The Kier molecular flexibility index (Phi) is 7.00. The molecule has 0 bridgehead atoms. The van der Waals surface area contributed by atoms with Crippen molar-refractivity contribution in [2.45, 2.75) is 0 Å². The second-order valence-electron chi connectivity index (χ2n) is 8.88. The number of likely N-dealkylation sites (N-methyl/N-ethyl adjacent to an activating group) is 1. The summed E-state index contributed by atoms with van der Waals surface area (Å²) in [6, 6.07) is 12.0. The van der Waals surface area contributed by atoms with Crippen molar-refractivity contribution in [1.82, 2.24) is 24.4 Å². The average Bonchev–Trinajstić information content (AvgIpc) is 2.93. The van der Waals surface area contributed by atoms with E-state index in [0.717, 1.165) is 32.0 Å². The molecule has 4 aromatic rings. The number of piperazine rings is 1. The molecular formula is C27H28N8O3. The summed E-state index contributed by atoms with van der Waals surface area (Å²) >= 11 is 0. The summed E-state index contributed by atoms with van der Waals surface area (Å²) in [5, 5.41) is 6.56. The minimum absolute atomic E-state index is 0.273. The highest BCUT2D eigenvalue weighted by molar-refractivity contribution is 5.99. The first-order valence-electron chi connectivity index (χ1n) is 12.1. The van der Waals surface area contributed by atoms with E-state index in [-0.39, 0.29) is 17.4 Å². The van der Waals surface area contributed by atoms with Crippen molar-refractivity contribution in [2.75, 3.05) is 55.9 Å². The first-order chi connectivity index (χ1) is 18.4. The van der Waals surface area contributed by atoms with E-state index in [1.807, 2.05) is 6.07 Å². The van der Waals surface area contributed by atoms with Gasteiger partial charge >= 0.3 is 0 Å². The predicted molar refractivity (Wildman–Crippen MR) is 148 cm³/mol. The lowest BCUT2D eigenvalue weighted by atomic mass is 10.2. The number of nitrogens with one attached hydrogen (secondary N) is 2. The molecule has 11 heteroatoms. The van der Waals surface area contributed by atoms with Gasteiger partial charge < -0.3 is 25.2 Å². The minimum atomic E-state index is -0.345. The first kappa shape index (κ1) is 24.9. The van der Waals surface area contributed by atoms with Crippen LogP contribution in [0.2, 0.25) is 0 Å². The van der Waals surface area contributed by atoms with Crippen LogP contribution < -0.4 is 25.8 Å². The molecule has 1 saturated heterocycles. The summed E-state index contributed by atoms with van der Waals surface area (Å²) in [5.74, 6) is 1.38. The topological polar surface area (TPSA) is 118 Å².